The number of halogens is 1. The van der Waals surface area contributed by atoms with Crippen LogP contribution in [0.1, 0.15) is 89.3 Å². The fourth-order valence-corrected chi connectivity index (χ4v) is 20.2. The van der Waals surface area contributed by atoms with Crippen molar-refractivity contribution in [3.8, 4) is 0 Å². The van der Waals surface area contributed by atoms with Crippen LogP contribution in [0.25, 0.3) is 11.0 Å². The van der Waals surface area contributed by atoms with E-state index in [0.29, 0.717) is 32.7 Å². The van der Waals surface area contributed by atoms with Crippen molar-refractivity contribution in [3.05, 3.63) is 30.9 Å². The van der Waals surface area contributed by atoms with E-state index in [2.05, 4.69) is 98.0 Å². The maximum atomic E-state index is 17.2. The molecule has 9 nitrogen and oxygen atoms in total. The second-order valence-electron chi connectivity index (χ2n) is 14.5. The first-order valence-electron chi connectivity index (χ1n) is 16.8. The summed E-state index contributed by atoms with van der Waals surface area (Å²) in [4.78, 5) is 13.8. The fourth-order valence-electron chi connectivity index (χ4n) is 8.27. The third kappa shape index (κ3) is 6.69. The molecule has 0 saturated carbocycles. The molecule has 0 unspecified atom stereocenters. The Kier molecular flexibility index (Phi) is 11.8. The Hall–Kier alpha value is -1.91. The van der Waals surface area contributed by atoms with E-state index >= 15 is 4.39 Å². The fraction of sp³-hybridized carbons (Fsp3) is 0.697. The van der Waals surface area contributed by atoms with Crippen LogP contribution in [-0.4, -0.2) is 66.4 Å². The number of nitrogens with zero attached hydrogens (tertiary/aromatic N) is 5. The van der Waals surface area contributed by atoms with Crippen LogP contribution in [0.3, 0.4) is 0 Å². The van der Waals surface area contributed by atoms with Gasteiger partial charge in [0.25, 0.3) is 0 Å². The monoisotopic (exact) mass is 690 g/mol. The molecule has 0 amide bonds. The summed E-state index contributed by atoms with van der Waals surface area (Å²) in [7, 11) is -4.78. The van der Waals surface area contributed by atoms with Crippen LogP contribution in [0.5, 0.6) is 0 Å². The number of nitrogen functional groups attached to an aromatic ring is 1. The molecule has 3 aromatic rings. The van der Waals surface area contributed by atoms with Gasteiger partial charge in [-0.25, -0.2) is 19.0 Å². The molecule has 3 aromatic heterocycles. The predicted octanol–water partition coefficient (Wildman–Crippen LogP) is 8.94. The molecule has 0 radical (unpaired) electrons. The highest BCUT2D eigenvalue weighted by Crippen LogP contribution is 2.48. The Balaban J connectivity index is 1.81. The SMILES string of the molecule is CC(C)[Si](OC[C@H]1O[C@@H](n2nc(Sc3ccncc3)c3c(N)ncnc32)[C@@H](F)[C@@H]1O[Si](C(C)C)(C(C)C)C(C)C)(C(C)C)C(C)C. The largest absolute Gasteiger partial charge is 0.413 e. The summed E-state index contributed by atoms with van der Waals surface area (Å²) in [5.74, 6) is 0.279. The minimum atomic E-state index is -2.51. The molecule has 1 aliphatic heterocycles. The van der Waals surface area contributed by atoms with E-state index in [9.17, 15) is 0 Å². The minimum absolute atomic E-state index is 0.260. The molecule has 4 rings (SSSR count). The number of ether oxygens (including phenoxy) is 1. The summed E-state index contributed by atoms with van der Waals surface area (Å²) in [6.45, 7) is 27.1. The Morgan fingerprint density at radius 1 is 0.870 bits per heavy atom. The quantitative estimate of drug-likeness (QED) is 0.166. The standard InChI is InChI=1S/C33H55FN6O3SSi2/c1-19(2)45(20(3)4,21(5)6)41-17-26-29(43-46(22(7)8,23(9)10)24(11)12)28(34)33(42-26)40-31-27(30(35)37-18-38-31)32(39-40)44-25-13-15-36-16-14-25/h13-16,18-24,26,28-29,33H,17H2,1-12H3,(H2,35,37,38)/t26-,28+,29-,33-/m1/s1. The van der Waals surface area contributed by atoms with Gasteiger partial charge in [0.05, 0.1) is 12.0 Å². The molecular weight excluding hydrogens is 636 g/mol. The molecular formula is C33H55FN6O3SSi2. The summed E-state index contributed by atoms with van der Waals surface area (Å²) in [5.41, 5.74) is 8.76. The molecule has 0 aromatic carbocycles. The van der Waals surface area contributed by atoms with Crippen LogP contribution in [0.4, 0.5) is 10.2 Å². The third-order valence-electron chi connectivity index (χ3n) is 10.1. The summed E-state index contributed by atoms with van der Waals surface area (Å²) < 4.78 is 39.7. The van der Waals surface area contributed by atoms with E-state index < -0.39 is 41.2 Å². The first kappa shape index (κ1) is 36.9. The summed E-state index contributed by atoms with van der Waals surface area (Å²) in [6.07, 6.45) is 0.785. The number of fused-ring (bicyclic) bond motifs is 1. The molecule has 1 aliphatic rings. The molecule has 46 heavy (non-hydrogen) atoms. The lowest BCUT2D eigenvalue weighted by Gasteiger charge is -2.46. The van der Waals surface area contributed by atoms with E-state index in [1.54, 1.807) is 17.1 Å². The predicted molar refractivity (Wildman–Crippen MR) is 190 cm³/mol. The first-order chi connectivity index (χ1) is 21.6. The van der Waals surface area contributed by atoms with Gasteiger partial charge in [-0.2, -0.15) is 5.10 Å². The number of anilines is 1. The smallest absolute Gasteiger partial charge is 0.201 e. The van der Waals surface area contributed by atoms with E-state index in [1.807, 2.05) is 12.1 Å². The van der Waals surface area contributed by atoms with Gasteiger partial charge >= 0.3 is 0 Å². The number of aromatic nitrogens is 5. The van der Waals surface area contributed by atoms with E-state index in [1.165, 1.54) is 18.1 Å². The lowest BCUT2D eigenvalue weighted by Crippen LogP contribution is -2.55. The van der Waals surface area contributed by atoms with Crippen molar-refractivity contribution in [2.24, 2.45) is 0 Å². The van der Waals surface area contributed by atoms with Crippen LogP contribution in [-0.2, 0) is 13.6 Å². The van der Waals surface area contributed by atoms with Crippen LogP contribution in [0.2, 0.25) is 33.2 Å². The number of alkyl halides is 1. The molecule has 256 valence electrons. The highest BCUT2D eigenvalue weighted by atomic mass is 32.2. The van der Waals surface area contributed by atoms with Crippen molar-refractivity contribution in [2.75, 3.05) is 12.3 Å². The highest BCUT2D eigenvalue weighted by Gasteiger charge is 2.56. The van der Waals surface area contributed by atoms with Gasteiger partial charge in [0.1, 0.15) is 29.4 Å². The molecule has 1 fully saturated rings. The van der Waals surface area contributed by atoms with Crippen molar-refractivity contribution in [3.63, 3.8) is 0 Å². The van der Waals surface area contributed by atoms with Gasteiger partial charge in [-0.15, -0.1) is 0 Å². The molecule has 0 aliphatic carbocycles. The average molecular weight is 691 g/mol. The number of rotatable bonds is 14. The van der Waals surface area contributed by atoms with Crippen molar-refractivity contribution >= 4 is 45.2 Å². The lowest BCUT2D eigenvalue weighted by atomic mass is 10.1. The maximum Gasteiger partial charge on any atom is 0.201 e. The van der Waals surface area contributed by atoms with Crippen LogP contribution in [0, 0.1) is 0 Å². The van der Waals surface area contributed by atoms with Crippen molar-refractivity contribution in [2.45, 2.75) is 151 Å². The molecule has 4 atom stereocenters. The van der Waals surface area contributed by atoms with Crippen molar-refractivity contribution in [1.82, 2.24) is 24.7 Å². The summed E-state index contributed by atoms with van der Waals surface area (Å²) in [6, 6.07) is 3.78. The van der Waals surface area contributed by atoms with Gasteiger partial charge in [-0.1, -0.05) is 94.8 Å². The Morgan fingerprint density at radius 2 is 1.41 bits per heavy atom. The second kappa shape index (κ2) is 14.7. The first-order valence-corrected chi connectivity index (χ1v) is 21.9. The second-order valence-corrected chi connectivity index (χ2v) is 26.5. The number of nitrogens with two attached hydrogens (primary N) is 1. The van der Waals surface area contributed by atoms with Crippen LogP contribution in [0.15, 0.2) is 40.8 Å². The third-order valence-corrected chi connectivity index (χ3v) is 23.3. The molecule has 1 saturated heterocycles. The van der Waals surface area contributed by atoms with Gasteiger partial charge in [0, 0.05) is 17.3 Å². The van der Waals surface area contributed by atoms with Crippen LogP contribution < -0.4 is 5.73 Å². The topological polar surface area (TPSA) is 110 Å². The van der Waals surface area contributed by atoms with Gasteiger partial charge in [0.15, 0.2) is 26.4 Å². The zero-order chi connectivity index (χ0) is 34.1. The van der Waals surface area contributed by atoms with Gasteiger partial charge in [-0.05, 0) is 45.4 Å². The Labute approximate surface area is 281 Å². The number of pyridine rings is 1. The maximum absolute atomic E-state index is 17.2. The van der Waals surface area contributed by atoms with E-state index in [-0.39, 0.29) is 29.0 Å². The summed E-state index contributed by atoms with van der Waals surface area (Å²) in [5, 5.41) is 6.02. The van der Waals surface area contributed by atoms with Gasteiger partial charge in [-0.3, -0.25) is 4.98 Å². The Morgan fingerprint density at radius 3 is 1.93 bits per heavy atom. The molecule has 0 bridgehead atoms. The van der Waals surface area contributed by atoms with Crippen molar-refractivity contribution < 1.29 is 18.0 Å². The van der Waals surface area contributed by atoms with E-state index in [0.717, 1.165) is 4.90 Å². The average Bonchev–Trinajstić information content (AvgIpc) is 3.48. The zero-order valence-corrected chi connectivity index (χ0v) is 32.5. The number of hydrogen-bond donors (Lipinski definition) is 1. The number of hydrogen-bond acceptors (Lipinski definition) is 9. The molecule has 0 spiro atoms. The van der Waals surface area contributed by atoms with Gasteiger partial charge in [0.2, 0.25) is 8.32 Å². The zero-order valence-electron chi connectivity index (χ0n) is 29.7. The van der Waals surface area contributed by atoms with Crippen molar-refractivity contribution in [1.29, 1.82) is 0 Å². The van der Waals surface area contributed by atoms with E-state index in [4.69, 9.17) is 24.4 Å². The Bertz CT molecular complexity index is 1400. The van der Waals surface area contributed by atoms with Crippen LogP contribution >= 0.6 is 11.8 Å². The molecule has 13 heteroatoms. The molecule has 4 heterocycles. The highest BCUT2D eigenvalue weighted by molar-refractivity contribution is 7.99. The van der Waals surface area contributed by atoms with Gasteiger partial charge < -0.3 is 19.3 Å². The summed E-state index contributed by atoms with van der Waals surface area (Å²) >= 11 is 1.41. The lowest BCUT2D eigenvalue weighted by molar-refractivity contribution is -0.0482. The minimum Gasteiger partial charge on any atom is -0.413 e. The normalized spacial score (nSPS) is 21.4. The molecule has 2 N–H and O–H groups in total.